The molecule has 2 rings (SSSR count). The van der Waals surface area contributed by atoms with Crippen LogP contribution in [0.3, 0.4) is 0 Å². The summed E-state index contributed by atoms with van der Waals surface area (Å²) in [5, 5.41) is 9.05. The zero-order chi connectivity index (χ0) is 21.3. The lowest BCUT2D eigenvalue weighted by atomic mass is 9.72. The summed E-state index contributed by atoms with van der Waals surface area (Å²) in [5.74, 6) is 0. The van der Waals surface area contributed by atoms with Gasteiger partial charge >= 0.3 is 12.4 Å². The summed E-state index contributed by atoms with van der Waals surface area (Å²) in [6.45, 7) is 15.3. The summed E-state index contributed by atoms with van der Waals surface area (Å²) < 4.78 is 84.3. The maximum atomic E-state index is 14.1. The van der Waals surface area contributed by atoms with Gasteiger partial charge in [-0.2, -0.15) is 31.6 Å². The molecular formula is C19H9F6N3. The summed E-state index contributed by atoms with van der Waals surface area (Å²) in [7, 11) is 0. The summed E-state index contributed by atoms with van der Waals surface area (Å²) in [6, 6.07) is 5.51. The highest BCUT2D eigenvalue weighted by atomic mass is 19.4. The lowest BCUT2D eigenvalue weighted by Crippen LogP contribution is -2.54. The number of rotatable bonds is 2. The van der Waals surface area contributed by atoms with Crippen molar-refractivity contribution in [2.45, 2.75) is 24.7 Å². The molecule has 0 fully saturated rings. The average Bonchev–Trinajstić information content (AvgIpc) is 2.60. The number of hydrogen-bond acceptors (Lipinski definition) is 1. The maximum absolute atomic E-state index is 14.1. The fourth-order valence-corrected chi connectivity index (χ4v) is 2.90. The Morgan fingerprint density at radius 3 is 1.79 bits per heavy atom. The van der Waals surface area contributed by atoms with Crippen molar-refractivity contribution in [1.29, 1.82) is 5.26 Å². The van der Waals surface area contributed by atoms with E-state index >= 15 is 0 Å². The molecule has 0 N–H and O–H groups in total. The fourth-order valence-electron chi connectivity index (χ4n) is 2.90. The van der Waals surface area contributed by atoms with Crippen molar-refractivity contribution >= 4 is 11.4 Å². The van der Waals surface area contributed by atoms with Gasteiger partial charge in [0, 0.05) is 0 Å². The van der Waals surface area contributed by atoms with Gasteiger partial charge in [-0.05, 0) is 29.7 Å². The molecule has 0 bridgehead atoms. The first-order chi connectivity index (χ1) is 12.9. The Morgan fingerprint density at radius 2 is 1.32 bits per heavy atom. The van der Waals surface area contributed by atoms with Crippen molar-refractivity contribution in [3.63, 3.8) is 0 Å². The molecule has 0 aliphatic heterocycles. The monoisotopic (exact) mass is 393 g/mol. The highest BCUT2D eigenvalue weighted by Gasteiger charge is 2.72. The van der Waals surface area contributed by atoms with E-state index < -0.39 is 34.6 Å². The van der Waals surface area contributed by atoms with Gasteiger partial charge in [0.1, 0.15) is 0 Å². The second-order valence-corrected chi connectivity index (χ2v) is 5.81. The van der Waals surface area contributed by atoms with Crippen molar-refractivity contribution in [3.8, 4) is 6.07 Å². The first-order valence-corrected chi connectivity index (χ1v) is 7.48. The Labute approximate surface area is 156 Å². The van der Waals surface area contributed by atoms with Crippen LogP contribution >= 0.6 is 0 Å². The molecule has 0 saturated heterocycles. The molecule has 9 heteroatoms. The fraction of sp³-hybridized carbons (Fsp3) is 0.211. The first-order valence-electron chi connectivity index (χ1n) is 7.48. The zero-order valence-electron chi connectivity index (χ0n) is 14.1. The molecule has 0 saturated carbocycles. The van der Waals surface area contributed by atoms with Crippen molar-refractivity contribution < 1.29 is 26.3 Å². The lowest BCUT2D eigenvalue weighted by Gasteiger charge is -2.38. The quantitative estimate of drug-likeness (QED) is 0.431. The van der Waals surface area contributed by atoms with Crippen LogP contribution in [-0.4, -0.2) is 12.4 Å². The number of alkyl halides is 6. The van der Waals surface area contributed by atoms with Gasteiger partial charge in [-0.3, -0.25) is 9.69 Å². The third-order valence-corrected chi connectivity index (χ3v) is 4.29. The van der Waals surface area contributed by atoms with Crippen molar-refractivity contribution in [1.82, 2.24) is 0 Å². The van der Waals surface area contributed by atoms with E-state index in [0.717, 1.165) is 12.1 Å². The minimum Gasteiger partial charge on any atom is -0.250 e. The lowest BCUT2D eigenvalue weighted by molar-refractivity contribution is -0.288. The summed E-state index contributed by atoms with van der Waals surface area (Å²) in [4.78, 5) is 5.80. The van der Waals surface area contributed by atoms with E-state index in [9.17, 15) is 26.3 Å². The van der Waals surface area contributed by atoms with Crippen LogP contribution in [0.2, 0.25) is 0 Å². The molecule has 0 atom stereocenters. The molecule has 3 nitrogen and oxygen atoms in total. The van der Waals surface area contributed by atoms with Crippen LogP contribution in [-0.2, 0) is 5.41 Å². The van der Waals surface area contributed by atoms with Gasteiger partial charge in [0.15, 0.2) is 11.4 Å². The molecule has 0 heterocycles. The number of nitriles is 1. The largest absolute Gasteiger partial charge is 0.411 e. The van der Waals surface area contributed by atoms with Crippen LogP contribution in [0.4, 0.5) is 37.7 Å². The number of hydrogen-bond donors (Lipinski definition) is 0. The summed E-state index contributed by atoms with van der Waals surface area (Å²) in [6.07, 6.45) is -11.7. The van der Waals surface area contributed by atoms with Crippen LogP contribution in [0.25, 0.3) is 9.69 Å². The molecule has 0 spiro atoms. The van der Waals surface area contributed by atoms with Gasteiger partial charge in [-0.1, -0.05) is 30.3 Å². The molecule has 0 unspecified atom stereocenters. The van der Waals surface area contributed by atoms with E-state index in [1.54, 1.807) is 6.07 Å². The van der Waals surface area contributed by atoms with E-state index in [1.165, 1.54) is 6.92 Å². The van der Waals surface area contributed by atoms with Crippen LogP contribution in [0.1, 0.15) is 22.3 Å². The molecule has 28 heavy (non-hydrogen) atoms. The SMILES string of the molecule is [C-]#[N+]c1ccc(C(c2ccc(C)c(C#N)c2)(C(F)(F)F)C(F)(F)F)cc1[N+]#[C-]. The van der Waals surface area contributed by atoms with Gasteiger partial charge in [-0.25, -0.2) is 0 Å². The zero-order valence-corrected chi connectivity index (χ0v) is 14.1. The van der Waals surface area contributed by atoms with Crippen molar-refractivity contribution in [2.24, 2.45) is 0 Å². The number of nitrogens with zero attached hydrogens (tertiary/aromatic N) is 3. The maximum Gasteiger partial charge on any atom is 0.411 e. The Balaban J connectivity index is 3.04. The molecule has 2 aromatic rings. The van der Waals surface area contributed by atoms with Gasteiger partial charge in [0.05, 0.1) is 24.8 Å². The van der Waals surface area contributed by atoms with Crippen LogP contribution in [0, 0.1) is 31.4 Å². The highest BCUT2D eigenvalue weighted by Crippen LogP contribution is 2.57. The first kappa shape index (κ1) is 20.8. The topological polar surface area (TPSA) is 32.5 Å². The van der Waals surface area contributed by atoms with E-state index in [0.29, 0.717) is 24.3 Å². The predicted molar refractivity (Wildman–Crippen MR) is 87.8 cm³/mol. The molecule has 142 valence electrons. The smallest absolute Gasteiger partial charge is 0.250 e. The minimum absolute atomic E-state index is 0.217. The Morgan fingerprint density at radius 1 is 0.821 bits per heavy atom. The summed E-state index contributed by atoms with van der Waals surface area (Å²) in [5.41, 5.74) is -8.02. The van der Waals surface area contributed by atoms with Gasteiger partial charge < -0.3 is 0 Å². The van der Waals surface area contributed by atoms with Gasteiger partial charge in [0.2, 0.25) is 5.41 Å². The van der Waals surface area contributed by atoms with Gasteiger partial charge in [-0.15, -0.1) is 0 Å². The molecular weight excluding hydrogens is 384 g/mol. The average molecular weight is 393 g/mol. The Bertz CT molecular complexity index is 1030. The number of benzene rings is 2. The number of halogens is 6. The van der Waals surface area contributed by atoms with Crippen LogP contribution < -0.4 is 0 Å². The van der Waals surface area contributed by atoms with E-state index in [4.69, 9.17) is 18.4 Å². The second-order valence-electron chi connectivity index (χ2n) is 5.81. The van der Waals surface area contributed by atoms with Crippen molar-refractivity contribution in [3.05, 3.63) is 81.5 Å². The third-order valence-electron chi connectivity index (χ3n) is 4.29. The second kappa shape index (κ2) is 6.90. The highest BCUT2D eigenvalue weighted by molar-refractivity contribution is 5.72. The Kier molecular flexibility index (Phi) is 5.13. The molecule has 0 amide bonds. The molecule has 0 aliphatic carbocycles. The molecule has 2 aromatic carbocycles. The van der Waals surface area contributed by atoms with Crippen molar-refractivity contribution in [2.75, 3.05) is 0 Å². The molecule has 0 radical (unpaired) electrons. The van der Waals surface area contributed by atoms with E-state index in [2.05, 4.69) is 9.69 Å². The third kappa shape index (κ3) is 3.04. The van der Waals surface area contributed by atoms with E-state index in [1.807, 2.05) is 0 Å². The summed E-state index contributed by atoms with van der Waals surface area (Å²) >= 11 is 0. The number of aryl methyl sites for hydroxylation is 1. The Hall–Kier alpha value is -3.51. The standard InChI is InChI=1S/C19H9F6N3/c1-11-4-5-13(8-12(11)10-26)17(18(20,21)22,19(23,24)25)14-6-7-15(27-2)16(9-14)28-3/h4-9H,1H3. The molecule has 0 aromatic heterocycles. The predicted octanol–water partition coefficient (Wildman–Crippen LogP) is 6.38. The minimum atomic E-state index is -5.84. The van der Waals surface area contributed by atoms with E-state index in [-0.39, 0.29) is 16.8 Å². The normalized spacial score (nSPS) is 12.0. The van der Waals surface area contributed by atoms with Crippen LogP contribution in [0.5, 0.6) is 0 Å². The van der Waals surface area contributed by atoms with Gasteiger partial charge in [0.25, 0.3) is 0 Å². The molecule has 0 aliphatic rings. The van der Waals surface area contributed by atoms with Crippen LogP contribution in [0.15, 0.2) is 36.4 Å².